The molecule has 6 aromatic heterocycles. The smallest absolute Gasteiger partial charge is 0.173 e. The van der Waals surface area contributed by atoms with Crippen LogP contribution in [0.25, 0.3) is 201 Å². The van der Waals surface area contributed by atoms with Gasteiger partial charge in [0, 0.05) is 80.1 Å². The highest BCUT2D eigenvalue weighted by Gasteiger charge is 2.37. The number of aromatic nitrogens is 6. The van der Waals surface area contributed by atoms with Crippen molar-refractivity contribution in [2.24, 2.45) is 0 Å². The quantitative estimate of drug-likeness (QED) is 0.105. The SMILES string of the molecule is O=P(c1ccc2ccccc2c1)(c1ccc2c(c1)c1ccc3ccccc3c1c1nc3ccccc3n21)c1cccc2ccccc12.O=P(c1ccccc1)(c1ccc2c(ccc3ccccc32)c1)c1ccc2c3ccc4ccccc4c3c3nc4ccccc4n3c2c1.O=P(c1ccccc1)(c1ccc2ccccc2c1)c1cccc2c3ccc4ccccc4c3c3nc4ccccc4n3c12. The van der Waals surface area contributed by atoms with Gasteiger partial charge in [0.25, 0.3) is 0 Å². The minimum Gasteiger partial charge on any atom is -0.309 e. The topological polar surface area (TPSA) is 103 Å². The Kier molecular flexibility index (Phi) is 18.3. The molecule has 642 valence electrons. The fourth-order valence-corrected chi connectivity index (χ4v) is 30.4. The number of benzene rings is 23. The number of fused-ring (bicyclic) bond motifs is 36. The summed E-state index contributed by atoms with van der Waals surface area (Å²) in [6.45, 7) is 0. The molecule has 3 unspecified atom stereocenters. The van der Waals surface area contributed by atoms with Gasteiger partial charge in [-0.3, -0.25) is 13.2 Å². The second-order valence-electron chi connectivity index (χ2n) is 35.7. The van der Waals surface area contributed by atoms with Crippen LogP contribution in [0, 0.1) is 0 Å². The fourth-order valence-electron chi connectivity index (χ4n) is 22.0. The molecular formula is C125H79N6O3P3. The van der Waals surface area contributed by atoms with E-state index in [1.807, 2.05) is 127 Å². The van der Waals surface area contributed by atoms with Gasteiger partial charge in [0.05, 0.1) is 49.7 Å². The lowest BCUT2D eigenvalue weighted by Crippen LogP contribution is -2.26. The maximum Gasteiger partial charge on any atom is 0.173 e. The molecule has 0 amide bonds. The molecule has 0 radical (unpaired) electrons. The van der Waals surface area contributed by atoms with Gasteiger partial charge >= 0.3 is 0 Å². The summed E-state index contributed by atoms with van der Waals surface area (Å²) in [5.41, 5.74) is 11.6. The van der Waals surface area contributed by atoms with Gasteiger partial charge in [-0.05, 0) is 187 Å². The second kappa shape index (κ2) is 31.4. The zero-order valence-corrected chi connectivity index (χ0v) is 76.5. The molecule has 29 rings (SSSR count). The van der Waals surface area contributed by atoms with Gasteiger partial charge in [0.1, 0.15) is 16.9 Å². The zero-order chi connectivity index (χ0) is 90.8. The van der Waals surface area contributed by atoms with E-state index in [0.717, 1.165) is 217 Å². The molecule has 0 saturated carbocycles. The van der Waals surface area contributed by atoms with E-state index in [1.54, 1.807) is 0 Å². The molecule has 0 aliphatic carbocycles. The molecule has 0 N–H and O–H groups in total. The summed E-state index contributed by atoms with van der Waals surface area (Å²) in [6.07, 6.45) is 0. The first-order valence-electron chi connectivity index (χ1n) is 46.3. The Labute approximate surface area is 785 Å². The summed E-state index contributed by atoms with van der Waals surface area (Å²) in [5, 5.41) is 35.5. The molecule has 12 heteroatoms. The Morgan fingerprint density at radius 3 is 1.03 bits per heavy atom. The van der Waals surface area contributed by atoms with Crippen LogP contribution in [0.1, 0.15) is 0 Å². The van der Waals surface area contributed by atoms with Crippen LogP contribution in [-0.2, 0) is 13.7 Å². The second-order valence-corrected chi connectivity index (χ2v) is 44.0. The normalized spacial score (nSPS) is 13.4. The van der Waals surface area contributed by atoms with Crippen molar-refractivity contribution in [1.29, 1.82) is 0 Å². The van der Waals surface area contributed by atoms with Crippen LogP contribution in [0.15, 0.2) is 479 Å². The van der Waals surface area contributed by atoms with Crippen LogP contribution in [-0.4, -0.2) is 28.2 Å². The largest absolute Gasteiger partial charge is 0.309 e. The number of hydrogen-bond donors (Lipinski definition) is 0. The van der Waals surface area contributed by atoms with Crippen LogP contribution in [0.5, 0.6) is 0 Å². The van der Waals surface area contributed by atoms with E-state index in [4.69, 9.17) is 15.0 Å². The van der Waals surface area contributed by atoms with Crippen LogP contribution < -0.4 is 47.7 Å². The van der Waals surface area contributed by atoms with Gasteiger partial charge in [0.2, 0.25) is 0 Å². The minimum atomic E-state index is -3.38. The number of nitrogens with zero attached hydrogens (tertiary/aromatic N) is 6. The molecule has 0 spiro atoms. The van der Waals surface area contributed by atoms with E-state index in [0.29, 0.717) is 0 Å². The maximum atomic E-state index is 16.3. The first kappa shape index (κ1) is 79.9. The summed E-state index contributed by atoms with van der Waals surface area (Å²) in [6, 6.07) is 165. The predicted octanol–water partition coefficient (Wildman–Crippen LogP) is 28.5. The molecule has 3 atom stereocenters. The van der Waals surface area contributed by atoms with Crippen molar-refractivity contribution in [3.63, 3.8) is 0 Å². The average molecular weight is 1810 g/mol. The molecule has 9 nitrogen and oxygen atoms in total. The standard InChI is InChI=1S/2C43H27N2OP.C39H25N2OP/c46-47(32-22-20-28-10-1-2-13-31(28)26-32,41-19-9-14-29-11-3-5-15-34(29)41)33-23-25-39-37(27-33)36-24-21-30-12-4-6-16-35(30)42(36)43-44-38-17-7-8-18-40(38)45(39)43;46-47(31-12-2-1-3-13-31,32-21-24-35-30(26-32)19-18-28-10-4-6-14-34(28)35)33-22-25-37-38-23-20-29-11-5-7-15-36(29)42(38)43-44-39-16-8-9-17-40(39)45(43)41(37)27-33;42-43(29-14-2-1-3-15-29,30-23-21-26-11-4-5-13-28(26)25-30)36-20-10-17-33-32-24-22-27-12-6-7-16-31(27)37(32)39-40-34-18-8-9-19-35(34)41(39)38(33)36/h2*1-27H;1-25H. The molecule has 0 aliphatic heterocycles. The van der Waals surface area contributed by atoms with Crippen molar-refractivity contribution in [3.05, 3.63) is 479 Å². The number of imidazole rings is 3. The van der Waals surface area contributed by atoms with E-state index >= 15 is 13.7 Å². The Morgan fingerprint density at radius 1 is 0.161 bits per heavy atom. The van der Waals surface area contributed by atoms with E-state index in [1.165, 1.54) is 32.3 Å². The minimum absolute atomic E-state index is 0.801. The summed E-state index contributed by atoms with van der Waals surface area (Å²) in [4.78, 5) is 15.6. The van der Waals surface area contributed by atoms with E-state index < -0.39 is 21.4 Å². The zero-order valence-electron chi connectivity index (χ0n) is 73.9. The highest BCUT2D eigenvalue weighted by molar-refractivity contribution is 7.86. The Bertz CT molecular complexity index is 10400. The molecule has 137 heavy (non-hydrogen) atoms. The molecule has 0 fully saturated rings. The van der Waals surface area contributed by atoms with Crippen LogP contribution in [0.4, 0.5) is 0 Å². The van der Waals surface area contributed by atoms with Gasteiger partial charge in [-0.2, -0.15) is 0 Å². The summed E-state index contributed by atoms with van der Waals surface area (Å²) < 4.78 is 55.1. The highest BCUT2D eigenvalue weighted by atomic mass is 31.2. The number of pyridine rings is 3. The highest BCUT2D eigenvalue weighted by Crippen LogP contribution is 2.52. The molecule has 23 aromatic carbocycles. The predicted molar refractivity (Wildman–Crippen MR) is 581 cm³/mol. The first-order valence-corrected chi connectivity index (χ1v) is 51.5. The monoisotopic (exact) mass is 1800 g/mol. The van der Waals surface area contributed by atoms with Crippen LogP contribution in [0.3, 0.4) is 0 Å². The molecule has 0 bridgehead atoms. The molecule has 0 saturated heterocycles. The van der Waals surface area contributed by atoms with Crippen molar-refractivity contribution in [2.75, 3.05) is 0 Å². The Hall–Kier alpha value is -16.8. The Balaban J connectivity index is 0.000000104. The van der Waals surface area contributed by atoms with Crippen molar-refractivity contribution < 1.29 is 13.7 Å². The third kappa shape index (κ3) is 12.4. The number of rotatable bonds is 9. The third-order valence-electron chi connectivity index (χ3n) is 28.4. The van der Waals surface area contributed by atoms with Crippen molar-refractivity contribution >= 4 is 270 Å². The lowest BCUT2D eigenvalue weighted by atomic mass is 9.99. The van der Waals surface area contributed by atoms with E-state index in [9.17, 15) is 0 Å². The summed E-state index contributed by atoms with van der Waals surface area (Å²) in [5.74, 6) is 0. The van der Waals surface area contributed by atoms with Crippen LogP contribution in [0.2, 0.25) is 0 Å². The van der Waals surface area contributed by atoms with Gasteiger partial charge in [-0.15, -0.1) is 0 Å². The Morgan fingerprint density at radius 2 is 0.474 bits per heavy atom. The number of para-hydroxylation sites is 7. The van der Waals surface area contributed by atoms with Crippen molar-refractivity contribution in [3.8, 4) is 0 Å². The maximum absolute atomic E-state index is 16.3. The lowest BCUT2D eigenvalue weighted by molar-refractivity contribution is 0.591. The summed E-state index contributed by atoms with van der Waals surface area (Å²) in [7, 11) is -10.0. The van der Waals surface area contributed by atoms with Crippen LogP contribution >= 0.6 is 21.4 Å². The summed E-state index contributed by atoms with van der Waals surface area (Å²) >= 11 is 0. The fraction of sp³-hybridized carbons (Fsp3) is 0. The third-order valence-corrected chi connectivity index (χ3v) is 37.6. The molecule has 0 aliphatic rings. The van der Waals surface area contributed by atoms with E-state index in [2.05, 4.69) is 365 Å². The van der Waals surface area contributed by atoms with Gasteiger partial charge < -0.3 is 13.7 Å². The van der Waals surface area contributed by atoms with E-state index in [-0.39, 0.29) is 0 Å². The molecule has 6 heterocycles. The number of hydrogen-bond acceptors (Lipinski definition) is 6. The average Bonchev–Trinajstić information content (AvgIpc) is 1.64. The van der Waals surface area contributed by atoms with Gasteiger partial charge in [0.15, 0.2) is 21.4 Å². The van der Waals surface area contributed by atoms with Gasteiger partial charge in [-0.1, -0.05) is 394 Å². The van der Waals surface area contributed by atoms with Crippen molar-refractivity contribution in [1.82, 2.24) is 28.2 Å². The van der Waals surface area contributed by atoms with Gasteiger partial charge in [-0.25, -0.2) is 15.0 Å². The van der Waals surface area contributed by atoms with Crippen molar-refractivity contribution in [2.45, 2.75) is 0 Å². The first-order chi connectivity index (χ1) is 67.6. The molecular weight excluding hydrogens is 1730 g/mol. The molecule has 29 aromatic rings. The lowest BCUT2D eigenvalue weighted by Gasteiger charge is -2.23.